The molecule has 1 aromatic rings. The number of hydrogen-bond donors (Lipinski definition) is 2. The fourth-order valence-corrected chi connectivity index (χ4v) is 3.59. The largest absolute Gasteiger partial charge is 0.484 e. The van der Waals surface area contributed by atoms with Gasteiger partial charge in [0.05, 0.1) is 0 Å². The van der Waals surface area contributed by atoms with Gasteiger partial charge in [0.15, 0.2) is 6.61 Å². The maximum absolute atomic E-state index is 12.5. The van der Waals surface area contributed by atoms with Crippen LogP contribution in [0.2, 0.25) is 0 Å². The highest BCUT2D eigenvalue weighted by Gasteiger charge is 2.29. The van der Waals surface area contributed by atoms with E-state index in [2.05, 4.69) is 24.5 Å². The molecular weight excluding hydrogens is 398 g/mol. The van der Waals surface area contributed by atoms with Crippen LogP contribution < -0.4 is 15.4 Å². The van der Waals surface area contributed by atoms with Crippen LogP contribution in [0.4, 0.5) is 4.79 Å². The lowest BCUT2D eigenvalue weighted by Gasteiger charge is -2.38. The standard InChI is InChI=1S/C23H35N3O5/c1-16-7-6-8-17(2)26(16)20(27)15-30-19-11-9-18(10-12-19)21(28)24-13-14-25-22(29)31-23(3,4)5/h9-12,16-17H,6-8,13-15H2,1-5H3,(H,24,28)(H,25,29). The monoisotopic (exact) mass is 433 g/mol. The molecular formula is C23H35N3O5. The Kier molecular flexibility index (Phi) is 8.71. The van der Waals surface area contributed by atoms with Crippen molar-refractivity contribution in [3.8, 4) is 5.75 Å². The van der Waals surface area contributed by atoms with E-state index in [0.29, 0.717) is 11.3 Å². The molecule has 2 atom stereocenters. The minimum absolute atomic E-state index is 0.0148. The minimum Gasteiger partial charge on any atom is -0.484 e. The van der Waals surface area contributed by atoms with Gasteiger partial charge in [-0.15, -0.1) is 0 Å². The third kappa shape index (κ3) is 8.11. The van der Waals surface area contributed by atoms with Crippen LogP contribution in [0.25, 0.3) is 0 Å². The topological polar surface area (TPSA) is 97.0 Å². The highest BCUT2D eigenvalue weighted by atomic mass is 16.6. The van der Waals surface area contributed by atoms with Gasteiger partial charge in [0, 0.05) is 30.7 Å². The van der Waals surface area contributed by atoms with Crippen LogP contribution in [0.1, 0.15) is 64.2 Å². The summed E-state index contributed by atoms with van der Waals surface area (Å²) in [6.07, 6.45) is 2.67. The van der Waals surface area contributed by atoms with Gasteiger partial charge in [-0.3, -0.25) is 9.59 Å². The molecule has 0 saturated carbocycles. The number of ether oxygens (including phenoxy) is 2. The number of rotatable bonds is 7. The highest BCUT2D eigenvalue weighted by molar-refractivity contribution is 5.94. The molecule has 8 nitrogen and oxygen atoms in total. The molecule has 1 heterocycles. The van der Waals surface area contributed by atoms with Crippen molar-refractivity contribution in [2.24, 2.45) is 0 Å². The van der Waals surface area contributed by atoms with Crippen molar-refractivity contribution in [2.45, 2.75) is 71.6 Å². The first kappa shape index (κ1) is 24.5. The molecule has 2 rings (SSSR count). The van der Waals surface area contributed by atoms with Crippen LogP contribution in [0.3, 0.4) is 0 Å². The lowest BCUT2D eigenvalue weighted by Crippen LogP contribution is -2.49. The smallest absolute Gasteiger partial charge is 0.407 e. The third-order valence-electron chi connectivity index (χ3n) is 5.04. The number of likely N-dealkylation sites (tertiary alicyclic amines) is 1. The molecule has 1 fully saturated rings. The van der Waals surface area contributed by atoms with Gasteiger partial charge >= 0.3 is 6.09 Å². The predicted molar refractivity (Wildman–Crippen MR) is 118 cm³/mol. The van der Waals surface area contributed by atoms with Crippen LogP contribution in [-0.4, -0.2) is 60.2 Å². The Hall–Kier alpha value is -2.77. The van der Waals surface area contributed by atoms with Crippen LogP contribution >= 0.6 is 0 Å². The van der Waals surface area contributed by atoms with E-state index in [9.17, 15) is 14.4 Å². The Morgan fingerprint density at radius 2 is 1.58 bits per heavy atom. The van der Waals surface area contributed by atoms with Crippen molar-refractivity contribution in [2.75, 3.05) is 19.7 Å². The van der Waals surface area contributed by atoms with E-state index in [1.165, 1.54) is 0 Å². The lowest BCUT2D eigenvalue weighted by molar-refractivity contribution is -0.139. The molecule has 0 spiro atoms. The molecule has 2 unspecified atom stereocenters. The second-order valence-corrected chi connectivity index (χ2v) is 8.93. The first-order valence-corrected chi connectivity index (χ1v) is 10.9. The summed E-state index contributed by atoms with van der Waals surface area (Å²) in [4.78, 5) is 38.2. The van der Waals surface area contributed by atoms with Gasteiger partial charge in [-0.25, -0.2) is 4.79 Å². The summed E-state index contributed by atoms with van der Waals surface area (Å²) in [6, 6.07) is 7.09. The summed E-state index contributed by atoms with van der Waals surface area (Å²) in [5.41, 5.74) is -0.0966. The van der Waals surface area contributed by atoms with E-state index < -0.39 is 11.7 Å². The summed E-state index contributed by atoms with van der Waals surface area (Å²) in [5, 5.41) is 5.31. The number of piperidine rings is 1. The van der Waals surface area contributed by atoms with Crippen LogP contribution in [0, 0.1) is 0 Å². The number of nitrogens with zero attached hydrogens (tertiary/aromatic N) is 1. The number of nitrogens with one attached hydrogen (secondary N) is 2. The molecule has 3 amide bonds. The van der Waals surface area contributed by atoms with E-state index in [4.69, 9.17) is 9.47 Å². The Labute approximate surface area is 184 Å². The molecule has 0 bridgehead atoms. The van der Waals surface area contributed by atoms with Gasteiger partial charge in [-0.1, -0.05) is 0 Å². The Bertz CT molecular complexity index is 747. The fraction of sp³-hybridized carbons (Fsp3) is 0.609. The summed E-state index contributed by atoms with van der Waals surface area (Å²) < 4.78 is 10.8. The number of hydrogen-bond acceptors (Lipinski definition) is 5. The quantitative estimate of drug-likeness (QED) is 0.644. The summed E-state index contributed by atoms with van der Waals surface area (Å²) >= 11 is 0. The van der Waals surface area contributed by atoms with E-state index in [0.717, 1.165) is 19.3 Å². The molecule has 0 aliphatic carbocycles. The summed E-state index contributed by atoms with van der Waals surface area (Å²) in [6.45, 7) is 10.0. The first-order valence-electron chi connectivity index (χ1n) is 10.9. The lowest BCUT2D eigenvalue weighted by atomic mass is 9.97. The molecule has 1 aliphatic rings. The fourth-order valence-electron chi connectivity index (χ4n) is 3.59. The molecule has 8 heteroatoms. The number of amides is 3. The maximum atomic E-state index is 12.5. The van der Waals surface area contributed by atoms with E-state index in [1.54, 1.807) is 45.0 Å². The normalized spacial score (nSPS) is 18.8. The Balaban J connectivity index is 1.74. The predicted octanol–water partition coefficient (Wildman–Crippen LogP) is 3.11. The number of benzene rings is 1. The molecule has 2 N–H and O–H groups in total. The maximum Gasteiger partial charge on any atom is 0.407 e. The van der Waals surface area contributed by atoms with Crippen LogP contribution in [-0.2, 0) is 9.53 Å². The van der Waals surface area contributed by atoms with Gasteiger partial charge in [0.1, 0.15) is 11.4 Å². The molecule has 0 aromatic heterocycles. The van der Waals surface area contributed by atoms with Crippen LogP contribution in [0.15, 0.2) is 24.3 Å². The van der Waals surface area contributed by atoms with E-state index in [1.807, 2.05) is 4.90 Å². The van der Waals surface area contributed by atoms with Gasteiger partial charge in [-0.05, 0) is 78.1 Å². The molecule has 1 aliphatic heterocycles. The van der Waals surface area contributed by atoms with Gasteiger partial charge in [-0.2, -0.15) is 0 Å². The van der Waals surface area contributed by atoms with E-state index >= 15 is 0 Å². The molecule has 1 aromatic carbocycles. The Morgan fingerprint density at radius 3 is 2.16 bits per heavy atom. The van der Waals surface area contributed by atoms with Gasteiger partial charge in [0.25, 0.3) is 11.8 Å². The zero-order chi connectivity index (χ0) is 23.0. The van der Waals surface area contributed by atoms with Gasteiger partial charge < -0.3 is 25.0 Å². The zero-order valence-electron chi connectivity index (χ0n) is 19.2. The average Bonchev–Trinajstić information content (AvgIpc) is 2.68. The number of carbonyl (C=O) groups excluding carboxylic acids is 3. The summed E-state index contributed by atoms with van der Waals surface area (Å²) in [5.74, 6) is 0.261. The number of alkyl carbamates (subject to hydrolysis) is 1. The van der Waals surface area contributed by atoms with Gasteiger partial charge in [0.2, 0.25) is 0 Å². The average molecular weight is 434 g/mol. The summed E-state index contributed by atoms with van der Waals surface area (Å²) in [7, 11) is 0. The number of carbonyl (C=O) groups is 3. The van der Waals surface area contributed by atoms with Crippen molar-refractivity contribution >= 4 is 17.9 Å². The third-order valence-corrected chi connectivity index (χ3v) is 5.04. The zero-order valence-corrected chi connectivity index (χ0v) is 19.2. The second-order valence-electron chi connectivity index (χ2n) is 8.93. The van der Waals surface area contributed by atoms with Crippen molar-refractivity contribution in [1.82, 2.24) is 15.5 Å². The minimum atomic E-state index is -0.563. The second kappa shape index (κ2) is 11.0. The van der Waals surface area contributed by atoms with Crippen molar-refractivity contribution < 1.29 is 23.9 Å². The molecule has 172 valence electrons. The van der Waals surface area contributed by atoms with Crippen molar-refractivity contribution in [3.63, 3.8) is 0 Å². The van der Waals surface area contributed by atoms with Crippen molar-refractivity contribution in [1.29, 1.82) is 0 Å². The SMILES string of the molecule is CC1CCCC(C)N1C(=O)COc1ccc(C(=O)NCCNC(=O)OC(C)(C)C)cc1. The first-order chi connectivity index (χ1) is 14.6. The van der Waals surface area contributed by atoms with E-state index in [-0.39, 0.29) is 43.6 Å². The molecule has 0 radical (unpaired) electrons. The molecule has 1 saturated heterocycles. The van der Waals surface area contributed by atoms with Crippen LogP contribution in [0.5, 0.6) is 5.75 Å². The Morgan fingerprint density at radius 1 is 1.00 bits per heavy atom. The van der Waals surface area contributed by atoms with Crippen molar-refractivity contribution in [3.05, 3.63) is 29.8 Å². The highest BCUT2D eigenvalue weighted by Crippen LogP contribution is 2.23. The molecule has 31 heavy (non-hydrogen) atoms.